The predicted octanol–water partition coefficient (Wildman–Crippen LogP) is 3.24. The maximum absolute atomic E-state index is 12.3. The molecule has 6 nitrogen and oxygen atoms in total. The summed E-state index contributed by atoms with van der Waals surface area (Å²) in [6.07, 6.45) is 0. The number of nitrogens with one attached hydrogen (secondary N) is 2. The minimum absolute atomic E-state index is 0.124. The quantitative estimate of drug-likeness (QED) is 0.620. The number of hydrogen-bond acceptors (Lipinski definition) is 5. The molecule has 0 aliphatic heterocycles. The van der Waals surface area contributed by atoms with Crippen LogP contribution in [0.25, 0.3) is 0 Å². The minimum atomic E-state index is -0.124. The van der Waals surface area contributed by atoms with Crippen molar-refractivity contribution in [2.45, 2.75) is 17.8 Å². The van der Waals surface area contributed by atoms with Crippen LogP contribution in [0.1, 0.15) is 21.5 Å². The first kappa shape index (κ1) is 16.1. The number of thioether (sulfide) groups is 1. The Hall–Kier alpha value is -2.80. The smallest absolute Gasteiger partial charge is 0.255 e. The summed E-state index contributed by atoms with van der Waals surface area (Å²) in [7, 11) is 0. The molecular formula is C17H17N5OS. The fourth-order valence-corrected chi connectivity index (χ4v) is 2.91. The lowest BCUT2D eigenvalue weighted by molar-refractivity contribution is 0.102. The van der Waals surface area contributed by atoms with Gasteiger partial charge in [0.2, 0.25) is 11.1 Å². The fourth-order valence-electron chi connectivity index (χ4n) is 2.15. The average molecular weight is 339 g/mol. The van der Waals surface area contributed by atoms with Gasteiger partial charge in [-0.2, -0.15) is 4.98 Å². The summed E-state index contributed by atoms with van der Waals surface area (Å²) in [6.45, 7) is 1.99. The van der Waals surface area contributed by atoms with Crippen molar-refractivity contribution in [3.05, 3.63) is 65.2 Å². The number of nitrogen functional groups attached to an aromatic ring is 1. The number of rotatable bonds is 5. The third-order valence-electron chi connectivity index (χ3n) is 3.34. The number of amides is 1. The second-order valence-corrected chi connectivity index (χ2v) is 6.25. The number of nitrogens with two attached hydrogens (primary N) is 1. The maximum Gasteiger partial charge on any atom is 0.255 e. The number of benzene rings is 2. The predicted molar refractivity (Wildman–Crippen MR) is 95.9 cm³/mol. The summed E-state index contributed by atoms with van der Waals surface area (Å²) < 4.78 is 0. The van der Waals surface area contributed by atoms with Gasteiger partial charge in [-0.25, -0.2) is 5.10 Å². The maximum atomic E-state index is 12.3. The van der Waals surface area contributed by atoms with Gasteiger partial charge in [0.05, 0.1) is 0 Å². The van der Waals surface area contributed by atoms with E-state index < -0.39 is 0 Å². The van der Waals surface area contributed by atoms with Crippen LogP contribution in [0, 0.1) is 6.92 Å². The molecule has 122 valence electrons. The number of carbonyl (C=O) groups excluding carboxylic acids is 1. The highest BCUT2D eigenvalue weighted by Gasteiger charge is 2.07. The zero-order valence-electron chi connectivity index (χ0n) is 13.1. The molecule has 0 saturated carbocycles. The molecule has 4 N–H and O–H groups in total. The van der Waals surface area contributed by atoms with E-state index in [2.05, 4.69) is 20.5 Å². The number of H-pyrrole nitrogens is 1. The van der Waals surface area contributed by atoms with Crippen molar-refractivity contribution >= 4 is 29.3 Å². The van der Waals surface area contributed by atoms with E-state index >= 15 is 0 Å². The van der Waals surface area contributed by atoms with Crippen LogP contribution in [0.5, 0.6) is 0 Å². The summed E-state index contributed by atoms with van der Waals surface area (Å²) in [4.78, 5) is 16.3. The molecule has 0 fully saturated rings. The molecule has 0 atom stereocenters. The van der Waals surface area contributed by atoms with Crippen LogP contribution >= 0.6 is 11.8 Å². The van der Waals surface area contributed by atoms with Crippen LogP contribution in [-0.2, 0) is 5.75 Å². The third-order valence-corrected chi connectivity index (χ3v) is 4.26. The Morgan fingerprint density at radius 3 is 2.71 bits per heavy atom. The fraction of sp³-hybridized carbons (Fsp3) is 0.118. The first-order valence-corrected chi connectivity index (χ1v) is 8.36. The summed E-state index contributed by atoms with van der Waals surface area (Å²) in [5, 5.41) is 10.1. The lowest BCUT2D eigenvalue weighted by Crippen LogP contribution is -2.11. The Morgan fingerprint density at radius 1 is 1.25 bits per heavy atom. The third kappa shape index (κ3) is 4.14. The molecule has 0 radical (unpaired) electrons. The average Bonchev–Trinajstić information content (AvgIpc) is 2.99. The minimum Gasteiger partial charge on any atom is -0.368 e. The largest absolute Gasteiger partial charge is 0.368 e. The van der Waals surface area contributed by atoms with E-state index in [1.54, 1.807) is 0 Å². The SMILES string of the molecule is Cc1cccc(NC(=O)c2ccc(CSc3n[nH]c(N)n3)cc2)c1. The van der Waals surface area contributed by atoms with Crippen LogP contribution in [0.4, 0.5) is 11.6 Å². The van der Waals surface area contributed by atoms with Gasteiger partial charge in [0.25, 0.3) is 5.91 Å². The number of anilines is 2. The van der Waals surface area contributed by atoms with Crippen molar-refractivity contribution in [3.63, 3.8) is 0 Å². The molecule has 0 unspecified atom stereocenters. The first-order chi connectivity index (χ1) is 11.6. The number of aryl methyl sites for hydroxylation is 1. The Labute approximate surface area is 143 Å². The Bertz CT molecular complexity index is 844. The van der Waals surface area contributed by atoms with E-state index in [9.17, 15) is 4.79 Å². The molecule has 0 aliphatic rings. The summed E-state index contributed by atoms with van der Waals surface area (Å²) in [5.41, 5.74) is 9.08. The van der Waals surface area contributed by atoms with E-state index in [0.717, 1.165) is 16.8 Å². The Kier molecular flexibility index (Phi) is 4.81. The van der Waals surface area contributed by atoms with Crippen LogP contribution in [0.2, 0.25) is 0 Å². The monoisotopic (exact) mass is 339 g/mol. The molecule has 7 heteroatoms. The molecule has 1 heterocycles. The molecular weight excluding hydrogens is 322 g/mol. The van der Waals surface area contributed by atoms with Crippen molar-refractivity contribution in [1.29, 1.82) is 0 Å². The van der Waals surface area contributed by atoms with Gasteiger partial charge < -0.3 is 11.1 Å². The van der Waals surface area contributed by atoms with Gasteiger partial charge in [-0.3, -0.25) is 4.79 Å². The number of aromatic nitrogens is 3. The zero-order valence-corrected chi connectivity index (χ0v) is 13.9. The van der Waals surface area contributed by atoms with E-state index in [1.165, 1.54) is 11.8 Å². The molecule has 1 amide bonds. The summed E-state index contributed by atoms with van der Waals surface area (Å²) in [5.74, 6) is 0.888. The molecule has 3 rings (SSSR count). The highest BCUT2D eigenvalue weighted by molar-refractivity contribution is 7.98. The van der Waals surface area contributed by atoms with Crippen LogP contribution in [0.3, 0.4) is 0 Å². The van der Waals surface area contributed by atoms with Crippen molar-refractivity contribution in [1.82, 2.24) is 15.2 Å². The second kappa shape index (κ2) is 7.18. The molecule has 0 saturated heterocycles. The molecule has 0 bridgehead atoms. The lowest BCUT2D eigenvalue weighted by Gasteiger charge is -2.07. The molecule has 3 aromatic rings. The molecule has 24 heavy (non-hydrogen) atoms. The van der Waals surface area contributed by atoms with E-state index in [0.29, 0.717) is 22.4 Å². The summed E-state index contributed by atoms with van der Waals surface area (Å²) >= 11 is 1.48. The van der Waals surface area contributed by atoms with Crippen molar-refractivity contribution in [3.8, 4) is 0 Å². The summed E-state index contributed by atoms with van der Waals surface area (Å²) in [6, 6.07) is 15.2. The Morgan fingerprint density at radius 2 is 2.04 bits per heavy atom. The molecule has 2 aromatic carbocycles. The first-order valence-electron chi connectivity index (χ1n) is 7.38. The number of hydrogen-bond donors (Lipinski definition) is 3. The van der Waals surface area contributed by atoms with Gasteiger partial charge in [0, 0.05) is 17.0 Å². The number of aromatic amines is 1. The van der Waals surface area contributed by atoms with E-state index in [1.807, 2.05) is 55.5 Å². The van der Waals surface area contributed by atoms with Gasteiger partial charge in [-0.05, 0) is 42.3 Å². The van der Waals surface area contributed by atoms with Gasteiger partial charge in [-0.15, -0.1) is 5.10 Å². The van der Waals surface area contributed by atoms with Crippen molar-refractivity contribution < 1.29 is 4.79 Å². The van der Waals surface area contributed by atoms with Crippen molar-refractivity contribution in [2.75, 3.05) is 11.1 Å². The number of nitrogens with zero attached hydrogens (tertiary/aromatic N) is 2. The van der Waals surface area contributed by atoms with Crippen LogP contribution < -0.4 is 11.1 Å². The van der Waals surface area contributed by atoms with Gasteiger partial charge in [0.1, 0.15) is 0 Å². The topological polar surface area (TPSA) is 96.7 Å². The van der Waals surface area contributed by atoms with Gasteiger partial charge in [-0.1, -0.05) is 36.0 Å². The van der Waals surface area contributed by atoms with Gasteiger partial charge in [0.15, 0.2) is 0 Å². The molecule has 0 aliphatic carbocycles. The second-order valence-electron chi connectivity index (χ2n) is 5.31. The Balaban J connectivity index is 1.60. The van der Waals surface area contributed by atoms with Crippen LogP contribution in [-0.4, -0.2) is 21.1 Å². The molecule has 1 aromatic heterocycles. The van der Waals surface area contributed by atoms with Gasteiger partial charge >= 0.3 is 0 Å². The van der Waals surface area contributed by atoms with Crippen LogP contribution in [0.15, 0.2) is 53.7 Å². The normalized spacial score (nSPS) is 10.5. The molecule has 0 spiro atoms. The zero-order chi connectivity index (χ0) is 16.9. The highest BCUT2D eigenvalue weighted by Crippen LogP contribution is 2.20. The van der Waals surface area contributed by atoms with Crippen molar-refractivity contribution in [2.24, 2.45) is 0 Å². The van der Waals surface area contributed by atoms with E-state index in [-0.39, 0.29) is 5.91 Å². The lowest BCUT2D eigenvalue weighted by atomic mass is 10.1. The standard InChI is InChI=1S/C17H17N5OS/c1-11-3-2-4-14(9-11)19-15(23)13-7-5-12(6-8-13)10-24-17-20-16(18)21-22-17/h2-9H,10H2,1H3,(H,19,23)(H3,18,20,21,22). The highest BCUT2D eigenvalue weighted by atomic mass is 32.2. The number of carbonyl (C=O) groups is 1. The van der Waals surface area contributed by atoms with E-state index in [4.69, 9.17) is 5.73 Å².